The van der Waals surface area contributed by atoms with Crippen molar-refractivity contribution >= 4 is 28.2 Å². The largest absolute Gasteiger partial charge is 0.497 e. The molecule has 3 heterocycles. The van der Waals surface area contributed by atoms with Crippen molar-refractivity contribution in [1.29, 1.82) is 0 Å². The second-order valence-corrected chi connectivity index (χ2v) is 9.72. The van der Waals surface area contributed by atoms with E-state index in [2.05, 4.69) is 21.7 Å². The molecule has 5 nitrogen and oxygen atoms in total. The normalized spacial score (nSPS) is 15.6. The molecule has 1 N–H and O–H groups in total. The molecule has 1 aliphatic heterocycles. The van der Waals surface area contributed by atoms with Crippen molar-refractivity contribution in [1.82, 2.24) is 9.88 Å². The third-order valence-corrected chi connectivity index (χ3v) is 7.59. The lowest BCUT2D eigenvalue weighted by molar-refractivity contribution is -0.152. The van der Waals surface area contributed by atoms with Crippen molar-refractivity contribution in [3.05, 3.63) is 57.9 Å². The fourth-order valence-corrected chi connectivity index (χ4v) is 5.30. The van der Waals surface area contributed by atoms with Crippen LogP contribution in [0.25, 0.3) is 10.9 Å². The monoisotopic (exact) mass is 480 g/mol. The molecular weight excluding hydrogens is 451 g/mol. The van der Waals surface area contributed by atoms with Crippen LogP contribution in [0.2, 0.25) is 0 Å². The number of rotatable bonds is 8. The van der Waals surface area contributed by atoms with Crippen LogP contribution in [-0.2, 0) is 17.9 Å². The first kappa shape index (κ1) is 24.2. The number of benzene rings is 1. The van der Waals surface area contributed by atoms with E-state index in [1.54, 1.807) is 24.6 Å². The summed E-state index contributed by atoms with van der Waals surface area (Å²) < 4.78 is 19.1. The minimum absolute atomic E-state index is 0.560. The maximum Gasteiger partial charge on any atom is 0.309 e. The van der Waals surface area contributed by atoms with Crippen molar-refractivity contribution in [2.45, 2.75) is 38.8 Å². The van der Waals surface area contributed by atoms with Crippen LogP contribution in [0.5, 0.6) is 5.75 Å². The number of hydrogen-bond donors (Lipinski definition) is 1. The first-order valence-electron chi connectivity index (χ1n) is 11.5. The Balaban J connectivity index is 1.41. The molecule has 0 saturated carbocycles. The van der Waals surface area contributed by atoms with Gasteiger partial charge in [0.05, 0.1) is 29.5 Å². The number of aryl methyl sites for hydroxylation is 1. The lowest BCUT2D eigenvalue weighted by Crippen LogP contribution is -2.44. The highest BCUT2D eigenvalue weighted by atomic mass is 32.1. The van der Waals surface area contributed by atoms with Gasteiger partial charge in [0, 0.05) is 30.2 Å². The van der Waals surface area contributed by atoms with Crippen molar-refractivity contribution in [3.8, 4) is 17.6 Å². The van der Waals surface area contributed by atoms with Gasteiger partial charge in [-0.2, -0.15) is 0 Å². The number of alkyl halides is 1. The van der Waals surface area contributed by atoms with E-state index in [9.17, 15) is 14.3 Å². The number of aromatic nitrogens is 1. The smallest absolute Gasteiger partial charge is 0.309 e. The van der Waals surface area contributed by atoms with Gasteiger partial charge in [-0.15, -0.1) is 11.3 Å². The predicted octanol–water partition coefficient (Wildman–Crippen LogP) is 5.32. The summed E-state index contributed by atoms with van der Waals surface area (Å²) in [6, 6.07) is 9.58. The zero-order chi connectivity index (χ0) is 24.0. The molecule has 1 aliphatic rings. The highest BCUT2D eigenvalue weighted by Crippen LogP contribution is 2.37. The lowest BCUT2D eigenvalue weighted by atomic mass is 9.74. The van der Waals surface area contributed by atoms with Crippen LogP contribution in [-0.4, -0.2) is 47.7 Å². The average molecular weight is 481 g/mol. The number of hydrogen-bond acceptors (Lipinski definition) is 5. The minimum atomic E-state index is -0.742. The van der Waals surface area contributed by atoms with Crippen LogP contribution in [0.4, 0.5) is 4.39 Å². The number of thiophene rings is 1. The standard InChI is InChI=1S/C27H29FN2O3S/c1-33-21-8-9-25-24(17-21)23(20(18-28)19-29-25)7-2-10-27(26(31)32)11-14-30(15-12-27)13-3-5-22-6-4-16-34-22/h4,6,8-9,16-17,19H,2,7,10-15,18H2,1H3,(H,31,32). The van der Waals surface area contributed by atoms with E-state index in [4.69, 9.17) is 4.74 Å². The summed E-state index contributed by atoms with van der Waals surface area (Å²) in [7, 11) is 1.60. The van der Waals surface area contributed by atoms with Gasteiger partial charge in [-0.25, -0.2) is 4.39 Å². The van der Waals surface area contributed by atoms with Crippen molar-refractivity contribution in [3.63, 3.8) is 0 Å². The second-order valence-electron chi connectivity index (χ2n) is 8.77. The third-order valence-electron chi connectivity index (χ3n) is 6.80. The Bertz CT molecular complexity index is 1190. The van der Waals surface area contributed by atoms with Gasteiger partial charge in [-0.1, -0.05) is 17.9 Å². The molecule has 0 unspecified atom stereocenters. The molecule has 0 bridgehead atoms. The Kier molecular flexibility index (Phi) is 7.81. The van der Waals surface area contributed by atoms with Crippen LogP contribution in [0.1, 0.15) is 41.7 Å². The van der Waals surface area contributed by atoms with E-state index in [1.165, 1.54) is 0 Å². The number of pyridine rings is 1. The quantitative estimate of drug-likeness (QED) is 0.443. The van der Waals surface area contributed by atoms with Gasteiger partial charge in [-0.3, -0.25) is 14.7 Å². The molecule has 0 spiro atoms. The molecule has 1 aromatic carbocycles. The molecule has 0 radical (unpaired) electrons. The lowest BCUT2D eigenvalue weighted by Gasteiger charge is -2.38. The number of piperidine rings is 1. The van der Waals surface area contributed by atoms with Gasteiger partial charge in [0.15, 0.2) is 0 Å². The maximum atomic E-state index is 13.7. The van der Waals surface area contributed by atoms with E-state index in [0.717, 1.165) is 34.4 Å². The Hall–Kier alpha value is -2.95. The fraction of sp³-hybridized carbons (Fsp3) is 0.407. The van der Waals surface area contributed by atoms with E-state index in [0.29, 0.717) is 50.0 Å². The molecule has 1 saturated heterocycles. The Morgan fingerprint density at radius 2 is 2.15 bits per heavy atom. The van der Waals surface area contributed by atoms with Gasteiger partial charge in [-0.05, 0) is 67.3 Å². The molecule has 3 aromatic rings. The van der Waals surface area contributed by atoms with Gasteiger partial charge < -0.3 is 9.84 Å². The van der Waals surface area contributed by atoms with Gasteiger partial charge in [0.25, 0.3) is 0 Å². The molecule has 2 aromatic heterocycles. The first-order valence-corrected chi connectivity index (χ1v) is 12.4. The molecule has 34 heavy (non-hydrogen) atoms. The predicted molar refractivity (Wildman–Crippen MR) is 133 cm³/mol. The van der Waals surface area contributed by atoms with Crippen molar-refractivity contribution in [2.75, 3.05) is 26.7 Å². The zero-order valence-corrected chi connectivity index (χ0v) is 20.2. The molecule has 0 atom stereocenters. The summed E-state index contributed by atoms with van der Waals surface area (Å²) in [5, 5.41) is 13.0. The molecule has 0 aliphatic carbocycles. The zero-order valence-electron chi connectivity index (χ0n) is 19.3. The number of carbonyl (C=O) groups is 1. The maximum absolute atomic E-state index is 13.7. The summed E-state index contributed by atoms with van der Waals surface area (Å²) in [5.41, 5.74) is 1.50. The van der Waals surface area contributed by atoms with E-state index < -0.39 is 18.1 Å². The fourth-order valence-electron chi connectivity index (χ4n) is 4.71. The van der Waals surface area contributed by atoms with Crippen LogP contribution >= 0.6 is 11.3 Å². The van der Waals surface area contributed by atoms with Crippen LogP contribution < -0.4 is 4.74 Å². The summed E-state index contributed by atoms with van der Waals surface area (Å²) in [5.74, 6) is 6.34. The number of fused-ring (bicyclic) bond motifs is 1. The Morgan fingerprint density at radius 1 is 1.32 bits per heavy atom. The number of aliphatic carboxylic acids is 1. The van der Waals surface area contributed by atoms with E-state index in [1.807, 2.05) is 35.7 Å². The number of ether oxygens (including phenoxy) is 1. The van der Waals surface area contributed by atoms with Gasteiger partial charge in [0.1, 0.15) is 12.4 Å². The van der Waals surface area contributed by atoms with E-state index in [-0.39, 0.29) is 0 Å². The number of halogens is 1. The molecule has 1 fully saturated rings. The average Bonchev–Trinajstić information content (AvgIpc) is 3.38. The highest BCUT2D eigenvalue weighted by Gasteiger charge is 2.40. The molecule has 4 rings (SSSR count). The van der Waals surface area contributed by atoms with Crippen LogP contribution in [0, 0.1) is 17.3 Å². The first-order chi connectivity index (χ1) is 16.5. The number of carboxylic acids is 1. The second kappa shape index (κ2) is 11.0. The number of nitrogens with zero attached hydrogens (tertiary/aromatic N) is 2. The molecular formula is C27H29FN2O3S. The number of likely N-dealkylation sites (tertiary alicyclic amines) is 1. The van der Waals surface area contributed by atoms with Crippen molar-refractivity contribution in [2.24, 2.45) is 5.41 Å². The highest BCUT2D eigenvalue weighted by molar-refractivity contribution is 7.10. The molecule has 178 valence electrons. The Labute approximate surface area is 203 Å². The van der Waals surface area contributed by atoms with Crippen molar-refractivity contribution < 1.29 is 19.0 Å². The summed E-state index contributed by atoms with van der Waals surface area (Å²) in [4.78, 5) is 19.9. The number of carboxylic acid groups (broad SMARTS) is 1. The Morgan fingerprint density at radius 3 is 2.82 bits per heavy atom. The third kappa shape index (κ3) is 5.40. The summed E-state index contributed by atoms with van der Waals surface area (Å²) in [6.45, 7) is 1.49. The molecule has 0 amide bonds. The van der Waals surface area contributed by atoms with Gasteiger partial charge >= 0.3 is 5.97 Å². The van der Waals surface area contributed by atoms with Gasteiger partial charge in [0.2, 0.25) is 0 Å². The topological polar surface area (TPSA) is 62.7 Å². The SMILES string of the molecule is COc1ccc2ncc(CF)c(CCCC3(C(=O)O)CCN(CC#Cc4cccs4)CC3)c2c1. The van der Waals surface area contributed by atoms with Crippen LogP contribution in [0.15, 0.2) is 41.9 Å². The van der Waals surface area contributed by atoms with E-state index >= 15 is 0 Å². The minimum Gasteiger partial charge on any atom is -0.497 e. The molecule has 7 heteroatoms. The summed E-state index contributed by atoms with van der Waals surface area (Å²) >= 11 is 1.62. The van der Waals surface area contributed by atoms with Crippen LogP contribution in [0.3, 0.4) is 0 Å². The number of methoxy groups -OCH3 is 1. The summed E-state index contributed by atoms with van der Waals surface area (Å²) in [6.07, 6.45) is 4.64.